The van der Waals surface area contributed by atoms with Gasteiger partial charge in [0.15, 0.2) is 0 Å². The van der Waals surface area contributed by atoms with Gasteiger partial charge in [0.25, 0.3) is 0 Å². The van der Waals surface area contributed by atoms with Crippen molar-refractivity contribution in [2.45, 2.75) is 25.8 Å². The Morgan fingerprint density at radius 1 is 1.60 bits per heavy atom. The van der Waals surface area contributed by atoms with Crippen LogP contribution in [0.3, 0.4) is 0 Å². The Hall–Kier alpha value is -0.170. The van der Waals surface area contributed by atoms with Crippen LogP contribution in [0, 0.1) is 5.92 Å². The molecule has 0 aromatic rings. The number of nitrogens with one attached hydrogen (secondary N) is 1. The van der Waals surface area contributed by atoms with E-state index in [2.05, 4.69) is 4.72 Å². The zero-order valence-electron chi connectivity index (χ0n) is 9.11. The van der Waals surface area contributed by atoms with Crippen molar-refractivity contribution < 1.29 is 13.2 Å². The third-order valence-corrected chi connectivity index (χ3v) is 4.21. The highest BCUT2D eigenvalue weighted by Crippen LogP contribution is 2.16. The first-order valence-electron chi connectivity index (χ1n) is 5.33. The van der Waals surface area contributed by atoms with Crippen LogP contribution in [0.25, 0.3) is 0 Å². The van der Waals surface area contributed by atoms with Crippen LogP contribution in [-0.2, 0) is 14.8 Å². The molecule has 0 amide bonds. The van der Waals surface area contributed by atoms with Crippen LogP contribution in [-0.4, -0.2) is 40.0 Å². The molecule has 1 rings (SSSR count). The summed E-state index contributed by atoms with van der Waals surface area (Å²) < 4.78 is 31.0. The van der Waals surface area contributed by atoms with Gasteiger partial charge in [0.05, 0.1) is 12.4 Å². The Morgan fingerprint density at radius 2 is 2.33 bits per heavy atom. The number of rotatable bonds is 6. The summed E-state index contributed by atoms with van der Waals surface area (Å²) in [6, 6.07) is -0.0460. The average molecular weight is 236 g/mol. The Bertz CT molecular complexity index is 273. The van der Waals surface area contributed by atoms with Crippen molar-refractivity contribution in [1.29, 1.82) is 0 Å². The maximum atomic E-state index is 11.5. The molecule has 1 fully saturated rings. The minimum Gasteiger partial charge on any atom is -0.381 e. The second kappa shape index (κ2) is 5.79. The molecular weight excluding hydrogens is 216 g/mol. The lowest BCUT2D eigenvalue weighted by Gasteiger charge is -2.18. The maximum absolute atomic E-state index is 11.5. The molecule has 0 aromatic heterocycles. The van der Waals surface area contributed by atoms with Crippen molar-refractivity contribution in [3.63, 3.8) is 0 Å². The smallest absolute Gasteiger partial charge is 0.211 e. The van der Waals surface area contributed by atoms with E-state index < -0.39 is 10.0 Å². The SMILES string of the molecule is CC(NS(=O)(=O)CCCN)C1CCOC1. The van der Waals surface area contributed by atoms with Crippen LogP contribution < -0.4 is 10.5 Å². The summed E-state index contributed by atoms with van der Waals surface area (Å²) >= 11 is 0. The minimum atomic E-state index is -3.17. The van der Waals surface area contributed by atoms with Crippen LogP contribution in [0.1, 0.15) is 19.8 Å². The van der Waals surface area contributed by atoms with Crippen molar-refractivity contribution in [2.24, 2.45) is 11.7 Å². The van der Waals surface area contributed by atoms with Gasteiger partial charge in [-0.2, -0.15) is 0 Å². The Balaban J connectivity index is 2.38. The number of nitrogens with two attached hydrogens (primary N) is 1. The molecule has 0 bridgehead atoms. The largest absolute Gasteiger partial charge is 0.381 e. The van der Waals surface area contributed by atoms with E-state index in [0.29, 0.717) is 25.5 Å². The normalized spacial score (nSPS) is 24.3. The monoisotopic (exact) mass is 236 g/mol. The van der Waals surface area contributed by atoms with Crippen LogP contribution in [0.15, 0.2) is 0 Å². The first-order chi connectivity index (χ1) is 7.05. The lowest BCUT2D eigenvalue weighted by molar-refractivity contribution is 0.180. The fourth-order valence-corrected chi connectivity index (χ4v) is 3.08. The number of hydrogen-bond donors (Lipinski definition) is 2. The summed E-state index contributed by atoms with van der Waals surface area (Å²) in [7, 11) is -3.17. The molecule has 2 atom stereocenters. The zero-order chi connectivity index (χ0) is 11.3. The molecule has 0 aliphatic carbocycles. The van der Waals surface area contributed by atoms with Crippen molar-refractivity contribution in [3.05, 3.63) is 0 Å². The van der Waals surface area contributed by atoms with Gasteiger partial charge in [-0.25, -0.2) is 13.1 Å². The topological polar surface area (TPSA) is 81.4 Å². The summed E-state index contributed by atoms with van der Waals surface area (Å²) in [4.78, 5) is 0. The van der Waals surface area contributed by atoms with Gasteiger partial charge >= 0.3 is 0 Å². The standard InChI is InChI=1S/C9H20N2O3S/c1-8(9-3-5-14-7-9)11-15(12,13)6-2-4-10/h8-9,11H,2-7,10H2,1H3. The Morgan fingerprint density at radius 3 is 2.87 bits per heavy atom. The molecule has 0 saturated carbocycles. The van der Waals surface area contributed by atoms with E-state index >= 15 is 0 Å². The van der Waals surface area contributed by atoms with Crippen molar-refractivity contribution in [2.75, 3.05) is 25.5 Å². The van der Waals surface area contributed by atoms with E-state index in [1.165, 1.54) is 0 Å². The first-order valence-corrected chi connectivity index (χ1v) is 6.98. The van der Waals surface area contributed by atoms with Crippen molar-refractivity contribution in [3.8, 4) is 0 Å². The quantitative estimate of drug-likeness (QED) is 0.662. The van der Waals surface area contributed by atoms with Gasteiger partial charge in [-0.3, -0.25) is 0 Å². The van der Waals surface area contributed by atoms with Crippen molar-refractivity contribution in [1.82, 2.24) is 4.72 Å². The highest BCUT2D eigenvalue weighted by molar-refractivity contribution is 7.89. The molecule has 1 aliphatic heterocycles. The first kappa shape index (κ1) is 12.9. The Kier molecular flexibility index (Phi) is 4.98. The van der Waals surface area contributed by atoms with Crippen LogP contribution in [0.4, 0.5) is 0 Å². The lowest BCUT2D eigenvalue weighted by Crippen LogP contribution is -2.39. The molecule has 5 nitrogen and oxygen atoms in total. The predicted molar refractivity (Wildman–Crippen MR) is 59.0 cm³/mol. The van der Waals surface area contributed by atoms with E-state index in [-0.39, 0.29) is 11.8 Å². The van der Waals surface area contributed by atoms with Gasteiger partial charge in [0.1, 0.15) is 0 Å². The summed E-state index contributed by atoms with van der Waals surface area (Å²) in [6.07, 6.45) is 1.43. The molecule has 15 heavy (non-hydrogen) atoms. The molecule has 0 spiro atoms. The van der Waals surface area contributed by atoms with Gasteiger partial charge < -0.3 is 10.5 Å². The third-order valence-electron chi connectivity index (χ3n) is 2.65. The molecule has 0 radical (unpaired) electrons. The average Bonchev–Trinajstić information content (AvgIpc) is 2.67. The van der Waals surface area contributed by atoms with E-state index in [9.17, 15) is 8.42 Å². The molecule has 6 heteroatoms. The highest BCUT2D eigenvalue weighted by atomic mass is 32.2. The summed E-state index contributed by atoms with van der Waals surface area (Å²) in [6.45, 7) is 3.68. The van der Waals surface area contributed by atoms with E-state index in [1.807, 2.05) is 6.92 Å². The van der Waals surface area contributed by atoms with Gasteiger partial charge in [-0.05, 0) is 26.3 Å². The van der Waals surface area contributed by atoms with Gasteiger partial charge in [0.2, 0.25) is 10.0 Å². The van der Waals surface area contributed by atoms with Crippen LogP contribution in [0.5, 0.6) is 0 Å². The third kappa shape index (κ3) is 4.46. The fraction of sp³-hybridized carbons (Fsp3) is 1.00. The van der Waals surface area contributed by atoms with Gasteiger partial charge in [-0.1, -0.05) is 0 Å². The number of sulfonamides is 1. The molecule has 90 valence electrons. The predicted octanol–water partition coefficient (Wildman–Crippen LogP) is -0.320. The highest BCUT2D eigenvalue weighted by Gasteiger charge is 2.25. The van der Waals surface area contributed by atoms with Crippen molar-refractivity contribution >= 4 is 10.0 Å². The lowest BCUT2D eigenvalue weighted by atomic mass is 10.0. The molecule has 1 heterocycles. The van der Waals surface area contributed by atoms with Crippen LogP contribution >= 0.6 is 0 Å². The van der Waals surface area contributed by atoms with E-state index in [1.54, 1.807) is 0 Å². The zero-order valence-corrected chi connectivity index (χ0v) is 9.92. The fourth-order valence-electron chi connectivity index (χ4n) is 1.66. The van der Waals surface area contributed by atoms with E-state index in [4.69, 9.17) is 10.5 Å². The second-order valence-electron chi connectivity index (χ2n) is 3.99. The molecule has 3 N–H and O–H groups in total. The Labute approximate surface area is 91.4 Å². The summed E-state index contributed by atoms with van der Waals surface area (Å²) in [5.74, 6) is 0.416. The van der Waals surface area contributed by atoms with Gasteiger partial charge in [-0.15, -0.1) is 0 Å². The van der Waals surface area contributed by atoms with E-state index in [0.717, 1.165) is 13.0 Å². The molecule has 1 saturated heterocycles. The molecular formula is C9H20N2O3S. The minimum absolute atomic E-state index is 0.0460. The number of hydrogen-bond acceptors (Lipinski definition) is 4. The van der Waals surface area contributed by atoms with Gasteiger partial charge in [0, 0.05) is 18.6 Å². The number of ether oxygens (including phenoxy) is 1. The molecule has 2 unspecified atom stereocenters. The maximum Gasteiger partial charge on any atom is 0.211 e. The molecule has 0 aromatic carbocycles. The molecule has 1 aliphatic rings. The second-order valence-corrected chi connectivity index (χ2v) is 5.86. The summed E-state index contributed by atoms with van der Waals surface area (Å²) in [5.41, 5.74) is 5.28. The van der Waals surface area contributed by atoms with Crippen LogP contribution in [0.2, 0.25) is 0 Å². The summed E-state index contributed by atoms with van der Waals surface area (Å²) in [5, 5.41) is 0.